The number of fused-ring (bicyclic) bond motifs is 1. The molecule has 29 heavy (non-hydrogen) atoms. The van der Waals surface area contributed by atoms with Crippen LogP contribution in [0.15, 0.2) is 66.1 Å². The molecule has 5 nitrogen and oxygen atoms in total. The van der Waals surface area contributed by atoms with Crippen molar-refractivity contribution >= 4 is 20.9 Å². The largest absolute Gasteiger partial charge is 0.330 e. The van der Waals surface area contributed by atoms with Gasteiger partial charge in [0, 0.05) is 23.9 Å². The van der Waals surface area contributed by atoms with Gasteiger partial charge in [-0.2, -0.15) is 0 Å². The molecule has 0 N–H and O–H groups in total. The van der Waals surface area contributed by atoms with Gasteiger partial charge in [0.05, 0.1) is 34.2 Å². The van der Waals surface area contributed by atoms with E-state index in [1.165, 1.54) is 18.2 Å². The molecule has 148 valence electrons. The Bertz CT molecular complexity index is 1300. The lowest BCUT2D eigenvalue weighted by Gasteiger charge is -2.09. The predicted molar refractivity (Wildman–Crippen MR) is 112 cm³/mol. The number of sulfone groups is 1. The third-order valence-electron chi connectivity index (χ3n) is 5.06. The molecule has 0 aliphatic heterocycles. The van der Waals surface area contributed by atoms with Crippen molar-refractivity contribution in [3.63, 3.8) is 0 Å². The van der Waals surface area contributed by atoms with Crippen LogP contribution in [0.2, 0.25) is 0 Å². The first-order chi connectivity index (χ1) is 13.9. The number of rotatable bonds is 5. The second-order valence-corrected chi connectivity index (χ2v) is 8.99. The average Bonchev–Trinajstić information content (AvgIpc) is 3.17. The van der Waals surface area contributed by atoms with E-state index in [1.807, 2.05) is 11.5 Å². The summed E-state index contributed by atoms with van der Waals surface area (Å²) in [7, 11) is -3.30. The maximum absolute atomic E-state index is 14.6. The Morgan fingerprint density at radius 3 is 2.38 bits per heavy atom. The van der Waals surface area contributed by atoms with Crippen LogP contribution in [-0.2, 0) is 16.4 Å². The van der Waals surface area contributed by atoms with Gasteiger partial charge in [-0.25, -0.2) is 17.8 Å². The Kier molecular flexibility index (Phi) is 4.92. The quantitative estimate of drug-likeness (QED) is 0.478. The maximum atomic E-state index is 14.6. The standard InChI is InChI=1S/C22H20FN3O2S/c1-3-26-14-25-22-19(12-24-13-21(22)26)16-7-10-20(23)18(11-16)15-5-8-17(9-6-15)29(27,28)4-2/h5-14H,3-4H2,1-2H3. The molecule has 4 rings (SSSR count). The Morgan fingerprint density at radius 2 is 1.69 bits per heavy atom. The van der Waals surface area contributed by atoms with E-state index in [0.29, 0.717) is 11.1 Å². The fourth-order valence-corrected chi connectivity index (χ4v) is 4.25. The fourth-order valence-electron chi connectivity index (χ4n) is 3.36. The molecule has 4 aromatic rings. The zero-order chi connectivity index (χ0) is 20.6. The molecular formula is C22H20FN3O2S. The molecule has 0 fully saturated rings. The summed E-state index contributed by atoms with van der Waals surface area (Å²) in [6.45, 7) is 4.41. The summed E-state index contributed by atoms with van der Waals surface area (Å²) in [5.74, 6) is -0.350. The first-order valence-corrected chi connectivity index (χ1v) is 11.0. The van der Waals surface area contributed by atoms with E-state index in [1.54, 1.807) is 49.9 Å². The highest BCUT2D eigenvalue weighted by Crippen LogP contribution is 2.32. The van der Waals surface area contributed by atoms with Crippen LogP contribution in [0.4, 0.5) is 4.39 Å². The van der Waals surface area contributed by atoms with E-state index in [2.05, 4.69) is 9.97 Å². The Hall–Kier alpha value is -3.06. The van der Waals surface area contributed by atoms with E-state index in [0.717, 1.165) is 28.7 Å². The van der Waals surface area contributed by atoms with E-state index >= 15 is 0 Å². The number of pyridine rings is 1. The van der Waals surface area contributed by atoms with Gasteiger partial charge < -0.3 is 4.57 Å². The number of hydrogen-bond acceptors (Lipinski definition) is 4. The summed E-state index contributed by atoms with van der Waals surface area (Å²) < 4.78 is 40.6. The molecular weight excluding hydrogens is 389 g/mol. The van der Waals surface area contributed by atoms with Gasteiger partial charge in [-0.1, -0.05) is 25.1 Å². The molecule has 0 aliphatic carbocycles. The minimum absolute atomic E-state index is 0.0254. The maximum Gasteiger partial charge on any atom is 0.178 e. The number of aromatic nitrogens is 3. The summed E-state index contributed by atoms with van der Waals surface area (Å²) in [5.41, 5.74) is 4.36. The van der Waals surface area contributed by atoms with Crippen LogP contribution in [0.25, 0.3) is 33.3 Å². The van der Waals surface area contributed by atoms with Crippen molar-refractivity contribution in [2.45, 2.75) is 25.3 Å². The fraction of sp³-hybridized carbons (Fsp3) is 0.182. The third-order valence-corrected chi connectivity index (χ3v) is 6.81. The van der Waals surface area contributed by atoms with E-state index in [9.17, 15) is 12.8 Å². The molecule has 0 saturated carbocycles. The van der Waals surface area contributed by atoms with Gasteiger partial charge in [0.1, 0.15) is 5.82 Å². The molecule has 0 amide bonds. The second-order valence-electron chi connectivity index (χ2n) is 6.71. The molecule has 0 radical (unpaired) electrons. The van der Waals surface area contributed by atoms with E-state index < -0.39 is 9.84 Å². The van der Waals surface area contributed by atoms with Crippen molar-refractivity contribution in [2.24, 2.45) is 0 Å². The predicted octanol–water partition coefficient (Wildman–Crippen LogP) is 4.72. The molecule has 0 spiro atoms. The topological polar surface area (TPSA) is 64.8 Å². The molecule has 0 atom stereocenters. The van der Waals surface area contributed by atoms with Crippen molar-refractivity contribution in [2.75, 3.05) is 5.75 Å². The Balaban J connectivity index is 1.81. The number of halogens is 1. The summed E-state index contributed by atoms with van der Waals surface area (Å²) in [5, 5.41) is 0. The minimum atomic E-state index is -3.30. The first-order valence-electron chi connectivity index (χ1n) is 9.36. The van der Waals surface area contributed by atoms with Crippen molar-refractivity contribution in [1.29, 1.82) is 0 Å². The zero-order valence-electron chi connectivity index (χ0n) is 16.1. The van der Waals surface area contributed by atoms with Gasteiger partial charge in [-0.05, 0) is 42.3 Å². The Labute approximate surface area is 168 Å². The molecule has 2 aromatic heterocycles. The average molecular weight is 409 g/mol. The lowest BCUT2D eigenvalue weighted by molar-refractivity contribution is 0.597. The Morgan fingerprint density at radius 1 is 0.966 bits per heavy atom. The van der Waals surface area contributed by atoms with E-state index in [4.69, 9.17) is 0 Å². The van der Waals surface area contributed by atoms with Crippen LogP contribution in [0.3, 0.4) is 0 Å². The van der Waals surface area contributed by atoms with Crippen LogP contribution in [-0.4, -0.2) is 28.7 Å². The lowest BCUT2D eigenvalue weighted by atomic mass is 9.99. The summed E-state index contributed by atoms with van der Waals surface area (Å²) in [4.78, 5) is 9.06. The molecule has 2 aromatic carbocycles. The van der Waals surface area contributed by atoms with Crippen molar-refractivity contribution < 1.29 is 12.8 Å². The van der Waals surface area contributed by atoms with Gasteiger partial charge in [-0.15, -0.1) is 0 Å². The number of imidazole rings is 1. The highest BCUT2D eigenvalue weighted by atomic mass is 32.2. The summed E-state index contributed by atoms with van der Waals surface area (Å²) in [6.07, 6.45) is 5.27. The summed E-state index contributed by atoms with van der Waals surface area (Å²) >= 11 is 0. The highest BCUT2D eigenvalue weighted by Gasteiger charge is 2.15. The van der Waals surface area contributed by atoms with Crippen LogP contribution < -0.4 is 0 Å². The molecule has 0 unspecified atom stereocenters. The highest BCUT2D eigenvalue weighted by molar-refractivity contribution is 7.91. The molecule has 7 heteroatoms. The smallest absolute Gasteiger partial charge is 0.178 e. The monoisotopic (exact) mass is 409 g/mol. The van der Waals surface area contributed by atoms with Gasteiger partial charge in [-0.3, -0.25) is 4.98 Å². The molecule has 2 heterocycles. The van der Waals surface area contributed by atoms with Crippen LogP contribution in [0, 0.1) is 5.82 Å². The molecule has 0 bridgehead atoms. The van der Waals surface area contributed by atoms with Crippen LogP contribution in [0.5, 0.6) is 0 Å². The SMILES string of the molecule is CCn1cnc2c(-c3ccc(F)c(-c4ccc(S(=O)(=O)CC)cc4)c3)cncc21. The van der Waals surface area contributed by atoms with Crippen LogP contribution in [0.1, 0.15) is 13.8 Å². The third kappa shape index (κ3) is 3.42. The first kappa shape index (κ1) is 19.3. The molecule has 0 saturated heterocycles. The normalized spacial score (nSPS) is 11.8. The van der Waals surface area contributed by atoms with Gasteiger partial charge in [0.2, 0.25) is 0 Å². The summed E-state index contributed by atoms with van der Waals surface area (Å²) in [6, 6.07) is 11.2. The number of aryl methyl sites for hydroxylation is 1. The van der Waals surface area contributed by atoms with Gasteiger partial charge in [0.25, 0.3) is 0 Å². The van der Waals surface area contributed by atoms with Crippen molar-refractivity contribution in [3.8, 4) is 22.3 Å². The number of hydrogen-bond donors (Lipinski definition) is 0. The number of benzene rings is 2. The molecule has 0 aliphatic rings. The van der Waals surface area contributed by atoms with Crippen LogP contribution >= 0.6 is 0 Å². The van der Waals surface area contributed by atoms with Gasteiger partial charge >= 0.3 is 0 Å². The lowest BCUT2D eigenvalue weighted by Crippen LogP contribution is -2.03. The zero-order valence-corrected chi connectivity index (χ0v) is 16.9. The number of nitrogens with zero attached hydrogens (tertiary/aromatic N) is 3. The van der Waals surface area contributed by atoms with E-state index in [-0.39, 0.29) is 16.5 Å². The van der Waals surface area contributed by atoms with Crippen molar-refractivity contribution in [3.05, 3.63) is 67.0 Å². The minimum Gasteiger partial charge on any atom is -0.330 e. The van der Waals surface area contributed by atoms with Gasteiger partial charge in [0.15, 0.2) is 9.84 Å². The van der Waals surface area contributed by atoms with Crippen molar-refractivity contribution in [1.82, 2.24) is 14.5 Å². The second kappa shape index (κ2) is 7.40.